The molecule has 17 heavy (non-hydrogen) atoms. The van der Waals surface area contributed by atoms with Crippen molar-refractivity contribution in [3.05, 3.63) is 34.6 Å². The molecular formula is C14H21ClFN. The first kappa shape index (κ1) is 14.5. The van der Waals surface area contributed by atoms with Gasteiger partial charge < -0.3 is 5.32 Å². The number of benzene rings is 1. The first-order valence-corrected chi connectivity index (χ1v) is 6.57. The van der Waals surface area contributed by atoms with E-state index in [2.05, 4.69) is 26.1 Å². The third kappa shape index (κ3) is 4.29. The second-order valence-corrected chi connectivity index (χ2v) is 5.06. The summed E-state index contributed by atoms with van der Waals surface area (Å²) in [5.74, 6) is 0.707. The standard InChI is InChI=1S/C14H21ClFN/c1-4-17-9-11(3)10(2)8-12-6-5-7-13(16)14(12)15/h5-7,10-11,17H,4,8-9H2,1-3H3. The Morgan fingerprint density at radius 3 is 2.65 bits per heavy atom. The van der Waals surface area contributed by atoms with Gasteiger partial charge in [0.05, 0.1) is 5.02 Å². The van der Waals surface area contributed by atoms with Crippen molar-refractivity contribution < 1.29 is 4.39 Å². The van der Waals surface area contributed by atoms with Crippen molar-refractivity contribution in [3.8, 4) is 0 Å². The van der Waals surface area contributed by atoms with Gasteiger partial charge in [-0.15, -0.1) is 0 Å². The summed E-state index contributed by atoms with van der Waals surface area (Å²) in [6.45, 7) is 8.47. The SMILES string of the molecule is CCNCC(C)C(C)Cc1cccc(F)c1Cl. The summed E-state index contributed by atoms with van der Waals surface area (Å²) in [6.07, 6.45) is 0.823. The summed E-state index contributed by atoms with van der Waals surface area (Å²) >= 11 is 5.96. The zero-order chi connectivity index (χ0) is 12.8. The Hall–Kier alpha value is -0.600. The highest BCUT2D eigenvalue weighted by molar-refractivity contribution is 6.31. The van der Waals surface area contributed by atoms with Gasteiger partial charge in [-0.3, -0.25) is 0 Å². The van der Waals surface area contributed by atoms with Crippen molar-refractivity contribution in [1.82, 2.24) is 5.32 Å². The van der Waals surface area contributed by atoms with Crippen LogP contribution in [0.15, 0.2) is 18.2 Å². The molecule has 0 fully saturated rings. The van der Waals surface area contributed by atoms with Crippen LogP contribution in [-0.2, 0) is 6.42 Å². The summed E-state index contributed by atoms with van der Waals surface area (Å²) in [6, 6.07) is 5.03. The van der Waals surface area contributed by atoms with Gasteiger partial charge in [-0.1, -0.05) is 44.5 Å². The number of halogens is 2. The van der Waals surface area contributed by atoms with Crippen LogP contribution in [0.4, 0.5) is 4.39 Å². The van der Waals surface area contributed by atoms with Crippen LogP contribution < -0.4 is 5.32 Å². The summed E-state index contributed by atoms with van der Waals surface area (Å²) in [4.78, 5) is 0. The van der Waals surface area contributed by atoms with E-state index in [1.807, 2.05) is 6.07 Å². The summed E-state index contributed by atoms with van der Waals surface area (Å²) in [7, 11) is 0. The Labute approximate surface area is 108 Å². The van der Waals surface area contributed by atoms with Gasteiger partial charge in [0.15, 0.2) is 0 Å². The van der Waals surface area contributed by atoms with Gasteiger partial charge in [0.2, 0.25) is 0 Å². The maximum absolute atomic E-state index is 13.3. The predicted octanol–water partition coefficient (Wildman–Crippen LogP) is 3.90. The minimum absolute atomic E-state index is 0.273. The molecule has 0 saturated carbocycles. The molecule has 0 aliphatic rings. The van der Waals surface area contributed by atoms with E-state index < -0.39 is 0 Å². The summed E-state index contributed by atoms with van der Waals surface area (Å²) in [5, 5.41) is 3.61. The molecule has 0 aliphatic heterocycles. The first-order chi connectivity index (χ1) is 8.06. The first-order valence-electron chi connectivity index (χ1n) is 6.19. The summed E-state index contributed by atoms with van der Waals surface area (Å²) in [5.41, 5.74) is 0.905. The lowest BCUT2D eigenvalue weighted by Crippen LogP contribution is -2.25. The number of hydrogen-bond donors (Lipinski definition) is 1. The number of nitrogens with one attached hydrogen (secondary N) is 1. The largest absolute Gasteiger partial charge is 0.317 e. The smallest absolute Gasteiger partial charge is 0.142 e. The highest BCUT2D eigenvalue weighted by Crippen LogP contribution is 2.24. The maximum atomic E-state index is 13.3. The molecule has 1 aromatic carbocycles. The molecule has 0 bridgehead atoms. The molecule has 2 atom stereocenters. The van der Waals surface area contributed by atoms with E-state index in [9.17, 15) is 4.39 Å². The van der Waals surface area contributed by atoms with Crippen molar-refractivity contribution in [1.29, 1.82) is 0 Å². The molecule has 1 rings (SSSR count). The molecule has 1 aromatic rings. The monoisotopic (exact) mass is 257 g/mol. The molecule has 0 saturated heterocycles. The highest BCUT2D eigenvalue weighted by atomic mass is 35.5. The molecule has 0 radical (unpaired) electrons. The van der Waals surface area contributed by atoms with Gasteiger partial charge in [-0.2, -0.15) is 0 Å². The molecular weight excluding hydrogens is 237 g/mol. The lowest BCUT2D eigenvalue weighted by molar-refractivity contribution is 0.368. The second-order valence-electron chi connectivity index (χ2n) is 4.68. The van der Waals surface area contributed by atoms with Gasteiger partial charge in [0, 0.05) is 0 Å². The molecule has 2 unspecified atom stereocenters. The molecule has 0 heterocycles. The van der Waals surface area contributed by atoms with Crippen LogP contribution in [-0.4, -0.2) is 13.1 Å². The van der Waals surface area contributed by atoms with Gasteiger partial charge in [-0.25, -0.2) is 4.39 Å². The minimum Gasteiger partial charge on any atom is -0.317 e. The molecule has 0 amide bonds. The summed E-state index contributed by atoms with van der Waals surface area (Å²) < 4.78 is 13.3. The second kappa shape index (κ2) is 6.97. The van der Waals surface area contributed by atoms with Crippen LogP contribution in [0.2, 0.25) is 5.02 Å². The fraction of sp³-hybridized carbons (Fsp3) is 0.571. The third-order valence-corrected chi connectivity index (χ3v) is 3.68. The van der Waals surface area contributed by atoms with Crippen molar-refractivity contribution in [2.45, 2.75) is 27.2 Å². The molecule has 0 spiro atoms. The molecule has 0 aliphatic carbocycles. The van der Waals surface area contributed by atoms with E-state index in [0.29, 0.717) is 11.8 Å². The predicted molar refractivity (Wildman–Crippen MR) is 72.0 cm³/mol. The van der Waals surface area contributed by atoms with Gasteiger partial charge in [-0.05, 0) is 43.0 Å². The fourth-order valence-corrected chi connectivity index (χ4v) is 2.03. The zero-order valence-electron chi connectivity index (χ0n) is 10.8. The highest BCUT2D eigenvalue weighted by Gasteiger charge is 2.15. The minimum atomic E-state index is -0.323. The van der Waals surface area contributed by atoms with Crippen molar-refractivity contribution >= 4 is 11.6 Å². The quantitative estimate of drug-likeness (QED) is 0.815. The van der Waals surface area contributed by atoms with Crippen LogP contribution in [0.3, 0.4) is 0 Å². The van der Waals surface area contributed by atoms with Gasteiger partial charge in [0.1, 0.15) is 5.82 Å². The Bertz CT molecular complexity index is 354. The van der Waals surface area contributed by atoms with E-state index in [-0.39, 0.29) is 10.8 Å². The Balaban J connectivity index is 2.61. The fourth-order valence-electron chi connectivity index (χ4n) is 1.83. The van der Waals surface area contributed by atoms with E-state index in [4.69, 9.17) is 11.6 Å². The van der Waals surface area contributed by atoms with E-state index in [1.165, 1.54) is 6.07 Å². The zero-order valence-corrected chi connectivity index (χ0v) is 11.5. The third-order valence-electron chi connectivity index (χ3n) is 3.26. The maximum Gasteiger partial charge on any atom is 0.142 e. The van der Waals surface area contributed by atoms with E-state index in [1.54, 1.807) is 6.07 Å². The van der Waals surface area contributed by atoms with Crippen molar-refractivity contribution in [3.63, 3.8) is 0 Å². The van der Waals surface area contributed by atoms with E-state index >= 15 is 0 Å². The van der Waals surface area contributed by atoms with Crippen LogP contribution in [0.1, 0.15) is 26.3 Å². The van der Waals surface area contributed by atoms with Crippen molar-refractivity contribution in [2.75, 3.05) is 13.1 Å². The van der Waals surface area contributed by atoms with Gasteiger partial charge in [0.25, 0.3) is 0 Å². The Kier molecular flexibility index (Phi) is 5.93. The number of hydrogen-bond acceptors (Lipinski definition) is 1. The molecule has 96 valence electrons. The Morgan fingerprint density at radius 1 is 1.29 bits per heavy atom. The van der Waals surface area contributed by atoms with Crippen LogP contribution in [0.5, 0.6) is 0 Å². The van der Waals surface area contributed by atoms with Crippen LogP contribution in [0.25, 0.3) is 0 Å². The van der Waals surface area contributed by atoms with Crippen LogP contribution >= 0.6 is 11.6 Å². The van der Waals surface area contributed by atoms with Gasteiger partial charge >= 0.3 is 0 Å². The number of rotatable bonds is 6. The molecule has 1 N–H and O–H groups in total. The van der Waals surface area contributed by atoms with E-state index in [0.717, 1.165) is 25.1 Å². The normalized spacial score (nSPS) is 14.6. The Morgan fingerprint density at radius 2 is 2.00 bits per heavy atom. The lowest BCUT2D eigenvalue weighted by Gasteiger charge is -2.20. The van der Waals surface area contributed by atoms with Crippen molar-refractivity contribution in [2.24, 2.45) is 11.8 Å². The average molecular weight is 258 g/mol. The van der Waals surface area contributed by atoms with Crippen LogP contribution in [0, 0.1) is 17.7 Å². The average Bonchev–Trinajstić information content (AvgIpc) is 2.31. The lowest BCUT2D eigenvalue weighted by atomic mass is 9.89. The topological polar surface area (TPSA) is 12.0 Å². The molecule has 1 nitrogen and oxygen atoms in total. The molecule has 3 heteroatoms. The molecule has 0 aromatic heterocycles.